The predicted octanol–water partition coefficient (Wildman–Crippen LogP) is 2.35. The van der Waals surface area contributed by atoms with Crippen LogP contribution in [0.4, 0.5) is 0 Å². The fourth-order valence-electron chi connectivity index (χ4n) is 4.14. The van der Waals surface area contributed by atoms with Gasteiger partial charge in [-0.1, -0.05) is 6.07 Å². The van der Waals surface area contributed by atoms with Crippen molar-refractivity contribution in [1.82, 2.24) is 19.9 Å². The van der Waals surface area contributed by atoms with Gasteiger partial charge in [0.2, 0.25) is 5.88 Å². The highest BCUT2D eigenvalue weighted by atomic mass is 16.5. The van der Waals surface area contributed by atoms with Crippen molar-refractivity contribution in [3.63, 3.8) is 0 Å². The normalized spacial score (nSPS) is 21.3. The Morgan fingerprint density at radius 1 is 1.22 bits per heavy atom. The lowest BCUT2D eigenvalue weighted by Gasteiger charge is -2.42. The van der Waals surface area contributed by atoms with Gasteiger partial charge in [0.1, 0.15) is 5.69 Å². The minimum Gasteiger partial charge on any atom is -0.478 e. The number of amides is 1. The SMILES string of the molecule is O=C(c1cnccn1)N1CCC2(CC1)OCC[C@@H]2CCOc1ccccn1. The highest BCUT2D eigenvalue weighted by Crippen LogP contribution is 2.42. The lowest BCUT2D eigenvalue weighted by atomic mass is 9.78. The third-order valence-corrected chi connectivity index (χ3v) is 5.63. The maximum Gasteiger partial charge on any atom is 0.274 e. The molecule has 0 saturated carbocycles. The Hall–Kier alpha value is -2.54. The first-order chi connectivity index (χ1) is 13.3. The van der Waals surface area contributed by atoms with Gasteiger partial charge < -0.3 is 14.4 Å². The second-order valence-corrected chi connectivity index (χ2v) is 7.09. The zero-order valence-electron chi connectivity index (χ0n) is 15.3. The number of aromatic nitrogens is 3. The Morgan fingerprint density at radius 3 is 2.85 bits per heavy atom. The molecule has 2 aromatic rings. The van der Waals surface area contributed by atoms with Crippen molar-refractivity contribution in [3.05, 3.63) is 48.7 Å². The van der Waals surface area contributed by atoms with Crippen LogP contribution in [0.25, 0.3) is 0 Å². The van der Waals surface area contributed by atoms with Crippen LogP contribution in [0.2, 0.25) is 0 Å². The Labute approximate surface area is 158 Å². The molecule has 2 fully saturated rings. The molecule has 2 saturated heterocycles. The van der Waals surface area contributed by atoms with Gasteiger partial charge >= 0.3 is 0 Å². The van der Waals surface area contributed by atoms with Crippen LogP contribution in [0.15, 0.2) is 43.0 Å². The van der Waals surface area contributed by atoms with Gasteiger partial charge in [-0.25, -0.2) is 9.97 Å². The maximum atomic E-state index is 12.6. The molecule has 0 bridgehead atoms. The van der Waals surface area contributed by atoms with E-state index in [9.17, 15) is 4.79 Å². The van der Waals surface area contributed by atoms with Crippen molar-refractivity contribution in [3.8, 4) is 5.88 Å². The number of hydrogen-bond donors (Lipinski definition) is 0. The van der Waals surface area contributed by atoms with Gasteiger partial charge in [-0.2, -0.15) is 0 Å². The van der Waals surface area contributed by atoms with Crippen molar-refractivity contribution < 1.29 is 14.3 Å². The summed E-state index contributed by atoms with van der Waals surface area (Å²) in [7, 11) is 0. The first-order valence-electron chi connectivity index (χ1n) is 9.50. The average Bonchev–Trinajstić information content (AvgIpc) is 3.11. The Kier molecular flexibility index (Phi) is 5.29. The molecule has 2 aliphatic rings. The van der Waals surface area contributed by atoms with E-state index >= 15 is 0 Å². The number of carbonyl (C=O) groups excluding carboxylic acids is 1. The van der Waals surface area contributed by atoms with E-state index < -0.39 is 0 Å². The van der Waals surface area contributed by atoms with Gasteiger partial charge in [-0.15, -0.1) is 0 Å². The number of likely N-dealkylation sites (tertiary alicyclic amines) is 1. The summed E-state index contributed by atoms with van der Waals surface area (Å²) in [6.45, 7) is 2.79. The summed E-state index contributed by atoms with van der Waals surface area (Å²) in [6, 6.07) is 5.67. The molecule has 1 amide bonds. The molecular weight excluding hydrogens is 344 g/mol. The van der Waals surface area contributed by atoms with Crippen molar-refractivity contribution in [2.24, 2.45) is 5.92 Å². The van der Waals surface area contributed by atoms with Crippen molar-refractivity contribution >= 4 is 5.91 Å². The van der Waals surface area contributed by atoms with E-state index in [4.69, 9.17) is 9.47 Å². The Bertz CT molecular complexity index is 748. The summed E-state index contributed by atoms with van der Waals surface area (Å²) in [5.74, 6) is 1.07. The summed E-state index contributed by atoms with van der Waals surface area (Å²) in [5.41, 5.74) is 0.271. The molecule has 2 aromatic heterocycles. The van der Waals surface area contributed by atoms with Gasteiger partial charge in [0, 0.05) is 44.4 Å². The van der Waals surface area contributed by atoms with E-state index in [1.165, 1.54) is 6.20 Å². The predicted molar refractivity (Wildman–Crippen MR) is 98.3 cm³/mol. The van der Waals surface area contributed by atoms with Crippen LogP contribution >= 0.6 is 0 Å². The number of carbonyl (C=O) groups is 1. The molecule has 0 aliphatic carbocycles. The highest BCUT2D eigenvalue weighted by Gasteiger charge is 2.46. The molecule has 7 nitrogen and oxygen atoms in total. The van der Waals surface area contributed by atoms with Crippen LogP contribution in [0.5, 0.6) is 5.88 Å². The second-order valence-electron chi connectivity index (χ2n) is 7.09. The Balaban J connectivity index is 1.31. The standard InChI is InChI=1S/C20H24N4O3/c25-19(17-15-21-9-10-22-17)24-11-6-20(7-12-24)16(5-14-27-20)4-13-26-18-3-1-2-8-23-18/h1-3,8-10,15-16H,4-7,11-14H2/t16-/m0/s1. The van der Waals surface area contributed by atoms with E-state index in [1.54, 1.807) is 18.6 Å². The summed E-state index contributed by atoms with van der Waals surface area (Å²) < 4.78 is 12.0. The van der Waals surface area contributed by atoms with E-state index in [2.05, 4.69) is 15.0 Å². The van der Waals surface area contributed by atoms with Gasteiger partial charge in [0.05, 0.1) is 18.4 Å². The van der Waals surface area contributed by atoms with Crippen LogP contribution in [0.1, 0.15) is 36.2 Å². The summed E-state index contributed by atoms with van der Waals surface area (Å²) in [4.78, 5) is 26.7. The molecule has 0 aromatic carbocycles. The van der Waals surface area contributed by atoms with Gasteiger partial charge in [0.25, 0.3) is 5.91 Å². The summed E-state index contributed by atoms with van der Waals surface area (Å²) >= 11 is 0. The minimum absolute atomic E-state index is 0.0500. The summed E-state index contributed by atoms with van der Waals surface area (Å²) in [5, 5.41) is 0. The quantitative estimate of drug-likeness (QED) is 0.806. The van der Waals surface area contributed by atoms with Crippen LogP contribution in [0.3, 0.4) is 0 Å². The zero-order chi connectivity index (χ0) is 18.5. The molecule has 0 radical (unpaired) electrons. The third kappa shape index (κ3) is 3.93. The van der Waals surface area contributed by atoms with Gasteiger partial charge in [-0.3, -0.25) is 9.78 Å². The molecule has 4 heterocycles. The largest absolute Gasteiger partial charge is 0.478 e. The molecule has 0 N–H and O–H groups in total. The molecule has 1 spiro atoms. The second kappa shape index (κ2) is 8.00. The molecule has 4 rings (SSSR count). The van der Waals surface area contributed by atoms with E-state index in [0.717, 1.165) is 32.3 Å². The highest BCUT2D eigenvalue weighted by molar-refractivity contribution is 5.92. The van der Waals surface area contributed by atoms with Gasteiger partial charge in [0.15, 0.2) is 0 Å². The average molecular weight is 368 g/mol. The van der Waals surface area contributed by atoms with Crippen LogP contribution in [-0.4, -0.2) is 57.7 Å². The van der Waals surface area contributed by atoms with Crippen LogP contribution in [0, 0.1) is 5.92 Å². The molecule has 7 heteroatoms. The van der Waals surface area contributed by atoms with Crippen LogP contribution < -0.4 is 4.74 Å². The zero-order valence-corrected chi connectivity index (χ0v) is 15.3. The first kappa shape index (κ1) is 17.9. The monoisotopic (exact) mass is 368 g/mol. The molecule has 1 atom stereocenters. The minimum atomic E-state index is -0.132. The van der Waals surface area contributed by atoms with E-state index in [-0.39, 0.29) is 11.5 Å². The molecule has 142 valence electrons. The van der Waals surface area contributed by atoms with E-state index in [1.807, 2.05) is 23.1 Å². The van der Waals surface area contributed by atoms with Crippen molar-refractivity contribution in [2.45, 2.75) is 31.3 Å². The number of ether oxygens (including phenoxy) is 2. The number of piperidine rings is 1. The lowest BCUT2D eigenvalue weighted by molar-refractivity contribution is -0.0649. The molecular formula is C20H24N4O3. The fourth-order valence-corrected chi connectivity index (χ4v) is 4.14. The van der Waals surface area contributed by atoms with E-state index in [0.29, 0.717) is 37.2 Å². The maximum absolute atomic E-state index is 12.6. The lowest BCUT2D eigenvalue weighted by Crippen LogP contribution is -2.49. The molecule has 2 aliphatic heterocycles. The Morgan fingerprint density at radius 2 is 2.11 bits per heavy atom. The molecule has 27 heavy (non-hydrogen) atoms. The number of nitrogens with zero attached hydrogens (tertiary/aromatic N) is 4. The first-order valence-corrected chi connectivity index (χ1v) is 9.50. The van der Waals surface area contributed by atoms with Crippen LogP contribution in [-0.2, 0) is 4.74 Å². The fraction of sp³-hybridized carbons (Fsp3) is 0.500. The van der Waals surface area contributed by atoms with Gasteiger partial charge in [-0.05, 0) is 37.7 Å². The van der Waals surface area contributed by atoms with Crippen molar-refractivity contribution in [1.29, 1.82) is 0 Å². The third-order valence-electron chi connectivity index (χ3n) is 5.63. The van der Waals surface area contributed by atoms with Crippen molar-refractivity contribution in [2.75, 3.05) is 26.3 Å². The number of pyridine rings is 1. The summed E-state index contributed by atoms with van der Waals surface area (Å²) in [6.07, 6.45) is 10.1. The molecule has 0 unspecified atom stereocenters. The number of rotatable bonds is 5. The number of hydrogen-bond acceptors (Lipinski definition) is 6. The topological polar surface area (TPSA) is 77.4 Å². The smallest absolute Gasteiger partial charge is 0.274 e.